The van der Waals surface area contributed by atoms with E-state index in [1.807, 2.05) is 62.4 Å². The fourth-order valence-corrected chi connectivity index (χ4v) is 4.27. The summed E-state index contributed by atoms with van der Waals surface area (Å²) in [6.45, 7) is 5.49. The van der Waals surface area contributed by atoms with E-state index in [9.17, 15) is 4.79 Å². The van der Waals surface area contributed by atoms with Gasteiger partial charge in [-0.3, -0.25) is 9.78 Å². The van der Waals surface area contributed by atoms with E-state index in [-0.39, 0.29) is 11.8 Å². The van der Waals surface area contributed by atoms with Crippen LogP contribution >= 0.6 is 0 Å². The maximum Gasteiger partial charge on any atom is 0.227 e. The molecule has 0 bridgehead atoms. The highest BCUT2D eigenvalue weighted by atomic mass is 16.1. The monoisotopic (exact) mass is 427 g/mol. The number of carbonyl (C=O) groups is 1. The summed E-state index contributed by atoms with van der Waals surface area (Å²) in [7, 11) is 0. The van der Waals surface area contributed by atoms with Crippen LogP contribution in [0.15, 0.2) is 54.7 Å². The highest BCUT2D eigenvalue weighted by Gasteiger charge is 2.26. The van der Waals surface area contributed by atoms with Gasteiger partial charge in [-0.2, -0.15) is 5.10 Å². The summed E-state index contributed by atoms with van der Waals surface area (Å²) in [5, 5.41) is 17.3. The molecule has 1 aliphatic rings. The Hall–Kier alpha value is -3.81. The van der Waals surface area contributed by atoms with Crippen molar-refractivity contribution in [2.75, 3.05) is 23.3 Å². The zero-order valence-corrected chi connectivity index (χ0v) is 18.2. The fraction of sp³-hybridized carbons (Fsp3) is 0.292. The largest absolute Gasteiger partial charge is 0.355 e. The normalized spacial score (nSPS) is 14.6. The first kappa shape index (κ1) is 20.1. The molecule has 0 saturated carbocycles. The second-order valence-electron chi connectivity index (χ2n) is 8.22. The molecule has 8 nitrogen and oxygen atoms in total. The third-order valence-electron chi connectivity index (χ3n) is 5.94. The van der Waals surface area contributed by atoms with Gasteiger partial charge in [-0.05, 0) is 57.0 Å². The number of anilines is 2. The molecule has 1 N–H and O–H groups in total. The van der Waals surface area contributed by atoms with Crippen LogP contribution < -0.4 is 10.2 Å². The molecular weight excluding hydrogens is 402 g/mol. The lowest BCUT2D eigenvalue weighted by Crippen LogP contribution is -2.38. The van der Waals surface area contributed by atoms with Gasteiger partial charge in [0.2, 0.25) is 5.91 Å². The molecule has 1 saturated heterocycles. The van der Waals surface area contributed by atoms with Crippen molar-refractivity contribution in [3.8, 4) is 5.82 Å². The third-order valence-corrected chi connectivity index (χ3v) is 5.94. The van der Waals surface area contributed by atoms with Gasteiger partial charge < -0.3 is 10.2 Å². The number of hydrogen-bond donors (Lipinski definition) is 1. The number of hydrogen-bond acceptors (Lipinski definition) is 6. The van der Waals surface area contributed by atoms with Gasteiger partial charge >= 0.3 is 0 Å². The average Bonchev–Trinajstić information content (AvgIpc) is 3.17. The van der Waals surface area contributed by atoms with E-state index in [1.165, 1.54) is 0 Å². The lowest BCUT2D eigenvalue weighted by atomic mass is 9.95. The van der Waals surface area contributed by atoms with Crippen molar-refractivity contribution in [3.63, 3.8) is 0 Å². The van der Waals surface area contributed by atoms with E-state index in [1.54, 1.807) is 10.9 Å². The SMILES string of the molecule is Cc1cc(C)n(-c2ccc(N3CCC(C(=O)Nc4cccc5cccnc45)CC3)nn2)n1. The van der Waals surface area contributed by atoms with Crippen LogP contribution in [-0.2, 0) is 4.79 Å². The second kappa shape index (κ2) is 8.37. The van der Waals surface area contributed by atoms with Gasteiger partial charge in [-0.25, -0.2) is 4.68 Å². The summed E-state index contributed by atoms with van der Waals surface area (Å²) in [5.41, 5.74) is 3.56. The van der Waals surface area contributed by atoms with Gasteiger partial charge in [0.1, 0.15) is 0 Å². The summed E-state index contributed by atoms with van der Waals surface area (Å²) in [4.78, 5) is 19.5. The number of pyridine rings is 1. The van der Waals surface area contributed by atoms with E-state index < -0.39 is 0 Å². The standard InChI is InChI=1S/C24H25N7O/c1-16-15-17(2)31(29-16)22-9-8-21(27-28-22)30-13-10-19(11-14-30)24(32)26-20-7-3-5-18-6-4-12-25-23(18)20/h3-9,12,15,19H,10-11,13-14H2,1-2H3,(H,26,32). The smallest absolute Gasteiger partial charge is 0.227 e. The van der Waals surface area contributed by atoms with E-state index in [0.29, 0.717) is 5.82 Å². The molecule has 4 aromatic rings. The molecule has 162 valence electrons. The van der Waals surface area contributed by atoms with Gasteiger partial charge in [0.15, 0.2) is 11.6 Å². The Kier molecular flexibility index (Phi) is 5.26. The number of nitrogens with one attached hydrogen (secondary N) is 1. The van der Waals surface area contributed by atoms with Crippen LogP contribution in [0.5, 0.6) is 0 Å². The van der Waals surface area contributed by atoms with Crippen molar-refractivity contribution in [2.24, 2.45) is 5.92 Å². The van der Waals surface area contributed by atoms with Crippen LogP contribution in [-0.4, -0.2) is 44.0 Å². The molecule has 0 spiro atoms. The molecule has 3 aromatic heterocycles. The van der Waals surface area contributed by atoms with Crippen molar-refractivity contribution >= 4 is 28.3 Å². The van der Waals surface area contributed by atoms with Crippen molar-refractivity contribution in [1.29, 1.82) is 0 Å². The van der Waals surface area contributed by atoms with Gasteiger partial charge in [-0.15, -0.1) is 10.2 Å². The molecule has 0 unspecified atom stereocenters. The predicted octanol–water partition coefficient (Wildman–Crippen LogP) is 3.68. The molecule has 1 aliphatic heterocycles. The highest BCUT2D eigenvalue weighted by Crippen LogP contribution is 2.25. The lowest BCUT2D eigenvalue weighted by Gasteiger charge is -2.31. The van der Waals surface area contributed by atoms with Crippen molar-refractivity contribution < 1.29 is 4.79 Å². The molecule has 1 fully saturated rings. The number of rotatable bonds is 4. The molecule has 8 heteroatoms. The Morgan fingerprint density at radius 2 is 1.75 bits per heavy atom. The average molecular weight is 428 g/mol. The van der Waals surface area contributed by atoms with Crippen molar-refractivity contribution in [2.45, 2.75) is 26.7 Å². The van der Waals surface area contributed by atoms with Crippen molar-refractivity contribution in [3.05, 3.63) is 66.1 Å². The Labute approximate surface area is 186 Å². The molecular formula is C24H25N7O. The summed E-state index contributed by atoms with van der Waals surface area (Å²) < 4.78 is 1.80. The zero-order valence-electron chi connectivity index (χ0n) is 18.2. The minimum atomic E-state index is -0.0350. The topological polar surface area (TPSA) is 88.8 Å². The van der Waals surface area contributed by atoms with Crippen LogP contribution in [0.2, 0.25) is 0 Å². The fourth-order valence-electron chi connectivity index (χ4n) is 4.27. The number of aryl methyl sites for hydroxylation is 2. The zero-order chi connectivity index (χ0) is 22.1. The third kappa shape index (κ3) is 3.91. The van der Waals surface area contributed by atoms with Crippen LogP contribution in [0.1, 0.15) is 24.2 Å². The van der Waals surface area contributed by atoms with Gasteiger partial charge in [0, 0.05) is 36.3 Å². The minimum absolute atomic E-state index is 0.0350. The maximum absolute atomic E-state index is 12.9. The van der Waals surface area contributed by atoms with Crippen molar-refractivity contribution in [1.82, 2.24) is 25.0 Å². The molecule has 0 radical (unpaired) electrons. The maximum atomic E-state index is 12.9. The van der Waals surface area contributed by atoms with Crippen LogP contribution in [0, 0.1) is 19.8 Å². The van der Waals surface area contributed by atoms with E-state index in [2.05, 4.69) is 30.5 Å². The summed E-state index contributed by atoms with van der Waals surface area (Å²) in [6.07, 6.45) is 3.29. The lowest BCUT2D eigenvalue weighted by molar-refractivity contribution is -0.120. The number of benzene rings is 1. The van der Waals surface area contributed by atoms with E-state index in [4.69, 9.17) is 0 Å². The Bertz CT molecular complexity index is 1250. The van der Waals surface area contributed by atoms with E-state index in [0.717, 1.165) is 59.7 Å². The molecule has 32 heavy (non-hydrogen) atoms. The quantitative estimate of drug-likeness (QED) is 0.534. The van der Waals surface area contributed by atoms with Gasteiger partial charge in [0.05, 0.1) is 16.9 Å². The van der Waals surface area contributed by atoms with Crippen LogP contribution in [0.3, 0.4) is 0 Å². The first-order valence-corrected chi connectivity index (χ1v) is 10.9. The summed E-state index contributed by atoms with van der Waals surface area (Å²) in [5.74, 6) is 1.55. The Balaban J connectivity index is 1.22. The summed E-state index contributed by atoms with van der Waals surface area (Å²) >= 11 is 0. The molecule has 1 amide bonds. The number of carbonyl (C=O) groups excluding carboxylic acids is 1. The van der Waals surface area contributed by atoms with Crippen LogP contribution in [0.25, 0.3) is 16.7 Å². The first-order chi connectivity index (χ1) is 15.6. The van der Waals surface area contributed by atoms with Crippen LogP contribution in [0.4, 0.5) is 11.5 Å². The highest BCUT2D eigenvalue weighted by molar-refractivity contribution is 6.01. The number of para-hydroxylation sites is 1. The van der Waals surface area contributed by atoms with Gasteiger partial charge in [-0.1, -0.05) is 18.2 Å². The summed E-state index contributed by atoms with van der Waals surface area (Å²) in [6, 6.07) is 15.7. The number of nitrogens with zero attached hydrogens (tertiary/aromatic N) is 6. The minimum Gasteiger partial charge on any atom is -0.355 e. The predicted molar refractivity (Wildman–Crippen MR) is 124 cm³/mol. The number of fused-ring (bicyclic) bond motifs is 1. The van der Waals surface area contributed by atoms with Gasteiger partial charge in [0.25, 0.3) is 0 Å². The molecule has 0 aliphatic carbocycles. The molecule has 4 heterocycles. The number of aromatic nitrogens is 5. The number of piperidine rings is 1. The molecule has 0 atom stereocenters. The van der Waals surface area contributed by atoms with E-state index >= 15 is 0 Å². The molecule has 5 rings (SSSR count). The Morgan fingerprint density at radius 1 is 1.00 bits per heavy atom. The molecule has 1 aromatic carbocycles. The first-order valence-electron chi connectivity index (χ1n) is 10.9. The number of amides is 1. The second-order valence-corrected chi connectivity index (χ2v) is 8.22. The Morgan fingerprint density at radius 3 is 2.47 bits per heavy atom.